The van der Waals surface area contributed by atoms with Gasteiger partial charge in [0.15, 0.2) is 0 Å². The fourth-order valence-corrected chi connectivity index (χ4v) is 2.92. The molecule has 0 aromatic heterocycles. The van der Waals surface area contributed by atoms with Crippen molar-refractivity contribution in [3.8, 4) is 16.9 Å². The Labute approximate surface area is 141 Å². The summed E-state index contributed by atoms with van der Waals surface area (Å²) in [5.41, 5.74) is 5.28. The molecule has 0 bridgehead atoms. The van der Waals surface area contributed by atoms with Crippen molar-refractivity contribution < 1.29 is 9.09 Å². The first kappa shape index (κ1) is 17.8. The second-order valence-corrected chi connectivity index (χ2v) is 8.43. The molecule has 0 spiro atoms. The van der Waals surface area contributed by atoms with E-state index in [0.717, 1.165) is 5.56 Å². The summed E-state index contributed by atoms with van der Waals surface area (Å²) in [6.07, 6.45) is 0. The lowest BCUT2D eigenvalue weighted by Gasteiger charge is -2.27. The topological polar surface area (TPSA) is 26.3 Å². The Balaban J connectivity index is 2.55. The molecule has 0 amide bonds. The minimum atomic E-state index is -1.22. The van der Waals surface area contributed by atoms with Crippen LogP contribution in [0.15, 0.2) is 42.5 Å². The van der Waals surface area contributed by atoms with Gasteiger partial charge in [-0.1, -0.05) is 71.9 Å². The van der Waals surface area contributed by atoms with Gasteiger partial charge in [-0.3, -0.25) is 4.57 Å². The zero-order valence-corrected chi connectivity index (χ0v) is 16.1. The van der Waals surface area contributed by atoms with E-state index >= 15 is 0 Å². The third-order valence-electron chi connectivity index (χ3n) is 4.04. The van der Waals surface area contributed by atoms with Gasteiger partial charge in [0, 0.05) is 0 Å². The quantitative estimate of drug-likeness (QED) is 0.645. The third-order valence-corrected chi connectivity index (χ3v) is 4.41. The van der Waals surface area contributed by atoms with E-state index in [-0.39, 0.29) is 10.8 Å². The van der Waals surface area contributed by atoms with Crippen molar-refractivity contribution in [1.29, 1.82) is 0 Å². The highest BCUT2D eigenvalue weighted by atomic mass is 31.1. The van der Waals surface area contributed by atoms with Gasteiger partial charge in [-0.25, -0.2) is 0 Å². The van der Waals surface area contributed by atoms with Crippen LogP contribution in [0.4, 0.5) is 0 Å². The first-order valence-corrected chi connectivity index (χ1v) is 8.93. The van der Waals surface area contributed by atoms with E-state index in [2.05, 4.69) is 59.7 Å². The highest BCUT2D eigenvalue weighted by molar-refractivity contribution is 7.17. The van der Waals surface area contributed by atoms with Gasteiger partial charge in [0.2, 0.25) is 8.69 Å². The van der Waals surface area contributed by atoms with Gasteiger partial charge in [0.25, 0.3) is 0 Å². The monoisotopic (exact) mass is 330 g/mol. The maximum absolute atomic E-state index is 10.6. The van der Waals surface area contributed by atoms with Gasteiger partial charge in [-0.05, 0) is 45.2 Å². The van der Waals surface area contributed by atoms with Crippen LogP contribution < -0.4 is 4.52 Å². The summed E-state index contributed by atoms with van der Waals surface area (Å²) in [6, 6.07) is 14.6. The maximum atomic E-state index is 10.6. The normalized spacial score (nSPS) is 12.8. The fraction of sp³-hybridized carbons (Fsp3) is 0.400. The van der Waals surface area contributed by atoms with Crippen molar-refractivity contribution in [3.63, 3.8) is 0 Å². The molecule has 0 aliphatic carbocycles. The molecular formula is C20H27O2P. The molecule has 0 radical (unpaired) electrons. The number of hydrogen-bond donors (Lipinski definition) is 0. The largest absolute Gasteiger partial charge is 0.447 e. The Bertz CT molecular complexity index is 689. The van der Waals surface area contributed by atoms with E-state index in [1.165, 1.54) is 16.7 Å². The van der Waals surface area contributed by atoms with Gasteiger partial charge in [0.05, 0.1) is 0 Å². The molecule has 0 saturated carbocycles. The molecule has 1 unspecified atom stereocenters. The van der Waals surface area contributed by atoms with Crippen molar-refractivity contribution >= 4 is 8.69 Å². The zero-order valence-electron chi connectivity index (χ0n) is 14.9. The minimum absolute atomic E-state index is 0.0604. The molecule has 0 aliphatic heterocycles. The molecule has 124 valence electrons. The van der Waals surface area contributed by atoms with Crippen LogP contribution in [-0.4, -0.2) is 0 Å². The molecule has 23 heavy (non-hydrogen) atoms. The van der Waals surface area contributed by atoms with Crippen molar-refractivity contribution in [2.24, 2.45) is 0 Å². The minimum Gasteiger partial charge on any atom is -0.447 e. The Morgan fingerprint density at radius 1 is 0.826 bits per heavy atom. The number of hydrogen-bond acceptors (Lipinski definition) is 2. The van der Waals surface area contributed by atoms with Crippen LogP contribution in [0.2, 0.25) is 0 Å². The molecule has 1 atom stereocenters. The summed E-state index contributed by atoms with van der Waals surface area (Å²) in [6.45, 7) is 13.5. The second kappa shape index (κ2) is 6.53. The van der Waals surface area contributed by atoms with Crippen LogP contribution in [0, 0.1) is 0 Å². The van der Waals surface area contributed by atoms with Gasteiger partial charge in [-0.2, -0.15) is 0 Å². The molecule has 0 N–H and O–H groups in total. The third kappa shape index (κ3) is 4.26. The summed E-state index contributed by atoms with van der Waals surface area (Å²) in [7, 11) is -1.22. The molecule has 2 nitrogen and oxygen atoms in total. The summed E-state index contributed by atoms with van der Waals surface area (Å²) in [5, 5.41) is 0. The van der Waals surface area contributed by atoms with E-state index < -0.39 is 8.69 Å². The molecular weight excluding hydrogens is 303 g/mol. The number of benzene rings is 2. The Morgan fingerprint density at radius 2 is 1.43 bits per heavy atom. The van der Waals surface area contributed by atoms with Crippen LogP contribution >= 0.6 is 8.69 Å². The summed E-state index contributed by atoms with van der Waals surface area (Å²) in [4.78, 5) is 0. The van der Waals surface area contributed by atoms with E-state index in [0.29, 0.717) is 5.75 Å². The van der Waals surface area contributed by atoms with E-state index in [1.54, 1.807) is 0 Å². The van der Waals surface area contributed by atoms with Crippen LogP contribution in [0.3, 0.4) is 0 Å². The summed E-state index contributed by atoms with van der Waals surface area (Å²) < 4.78 is 15.7. The lowest BCUT2D eigenvalue weighted by atomic mass is 9.77. The van der Waals surface area contributed by atoms with Gasteiger partial charge in [-0.15, -0.1) is 0 Å². The van der Waals surface area contributed by atoms with Crippen LogP contribution in [-0.2, 0) is 15.4 Å². The van der Waals surface area contributed by atoms with Crippen LogP contribution in [0.5, 0.6) is 5.75 Å². The molecule has 3 heteroatoms. The van der Waals surface area contributed by atoms with Crippen molar-refractivity contribution in [3.05, 3.63) is 53.6 Å². The van der Waals surface area contributed by atoms with E-state index in [1.807, 2.05) is 24.3 Å². The van der Waals surface area contributed by atoms with E-state index in [9.17, 15) is 4.57 Å². The lowest BCUT2D eigenvalue weighted by Crippen LogP contribution is -2.17. The second-order valence-electron chi connectivity index (χ2n) is 8.00. The molecule has 2 aromatic rings. The van der Waals surface area contributed by atoms with Gasteiger partial charge in [0.1, 0.15) is 5.75 Å². The lowest BCUT2D eigenvalue weighted by molar-refractivity contribution is 0.525. The summed E-state index contributed by atoms with van der Waals surface area (Å²) >= 11 is 0. The molecule has 2 aromatic carbocycles. The maximum Gasteiger partial charge on any atom is 0.225 e. The van der Waals surface area contributed by atoms with Crippen LogP contribution in [0.1, 0.15) is 52.7 Å². The number of rotatable bonds is 3. The highest BCUT2D eigenvalue weighted by Gasteiger charge is 2.22. The smallest absolute Gasteiger partial charge is 0.225 e. The van der Waals surface area contributed by atoms with Crippen molar-refractivity contribution in [2.45, 2.75) is 52.4 Å². The van der Waals surface area contributed by atoms with Crippen molar-refractivity contribution in [1.82, 2.24) is 0 Å². The van der Waals surface area contributed by atoms with Gasteiger partial charge >= 0.3 is 0 Å². The van der Waals surface area contributed by atoms with E-state index in [4.69, 9.17) is 4.52 Å². The first-order chi connectivity index (χ1) is 10.6. The molecule has 0 heterocycles. The molecule has 2 rings (SSSR count). The van der Waals surface area contributed by atoms with Crippen molar-refractivity contribution in [2.75, 3.05) is 0 Å². The Hall–Kier alpha value is -1.53. The van der Waals surface area contributed by atoms with Gasteiger partial charge < -0.3 is 4.52 Å². The fourth-order valence-electron chi connectivity index (χ4n) is 2.65. The molecule has 0 aliphatic rings. The SMILES string of the molecule is CC(C)(C)c1ccc(-c2ccc(O[PH2]=O)cc2)c(C(C)(C)C)c1. The van der Waals surface area contributed by atoms with Crippen LogP contribution in [0.25, 0.3) is 11.1 Å². The molecule has 0 saturated heterocycles. The highest BCUT2D eigenvalue weighted by Crippen LogP contribution is 2.37. The summed E-state index contributed by atoms with van der Waals surface area (Å²) in [5.74, 6) is 0.655. The standard InChI is InChI=1S/C20H27O2P/c1-19(2,3)15-9-12-17(18(13-15)20(4,5)6)14-7-10-16(11-8-14)22-23-21/h7-13H,23H2,1-6H3. The first-order valence-electron chi connectivity index (χ1n) is 7.98. The molecule has 0 fully saturated rings. The predicted octanol–water partition coefficient (Wildman–Crippen LogP) is 6.00. The Morgan fingerprint density at radius 3 is 1.91 bits per heavy atom. The average molecular weight is 330 g/mol. The predicted molar refractivity (Wildman–Crippen MR) is 100 cm³/mol. The Kier molecular flexibility index (Phi) is 5.06. The average Bonchev–Trinajstić information content (AvgIpc) is 2.46. The zero-order chi connectivity index (χ0) is 17.3.